The molecule has 0 aromatic carbocycles. The van der Waals surface area contributed by atoms with Gasteiger partial charge in [-0.2, -0.15) is 0 Å². The number of oxazole rings is 1. The van der Waals surface area contributed by atoms with Gasteiger partial charge in [-0.3, -0.25) is 0 Å². The zero-order valence-corrected chi connectivity index (χ0v) is 7.58. The second-order valence-corrected chi connectivity index (χ2v) is 3.30. The van der Waals surface area contributed by atoms with Crippen molar-refractivity contribution in [2.45, 2.75) is 26.7 Å². The van der Waals surface area contributed by atoms with Gasteiger partial charge in [0, 0.05) is 6.42 Å². The highest BCUT2D eigenvalue weighted by Crippen LogP contribution is 2.08. The van der Waals surface area contributed by atoms with Crippen LogP contribution in [0, 0.1) is 5.92 Å². The Bertz CT molecular complexity index is 230. The highest BCUT2D eigenvalue weighted by atomic mass is 16.3. The van der Waals surface area contributed by atoms with E-state index in [1.54, 1.807) is 6.26 Å². The first-order chi connectivity index (χ1) is 5.72. The number of hydrogen-bond acceptors (Lipinski definition) is 3. The first-order valence-electron chi connectivity index (χ1n) is 4.26. The summed E-state index contributed by atoms with van der Waals surface area (Å²) in [7, 11) is 0. The summed E-state index contributed by atoms with van der Waals surface area (Å²) < 4.78 is 5.13. The van der Waals surface area contributed by atoms with Crippen molar-refractivity contribution < 1.29 is 9.52 Å². The standard InChI is InChI=1S/C9H15NO2/c1-7(2)5-8-6-12-9(10-8)3-4-11/h6-7,11H,3-5H2,1-2H3. The molecular formula is C9H15NO2. The van der Waals surface area contributed by atoms with E-state index in [4.69, 9.17) is 9.52 Å². The lowest BCUT2D eigenvalue weighted by molar-refractivity contribution is 0.285. The first-order valence-corrected chi connectivity index (χ1v) is 4.26. The fourth-order valence-electron chi connectivity index (χ4n) is 1.07. The van der Waals surface area contributed by atoms with Gasteiger partial charge in [-0.05, 0) is 12.3 Å². The minimum Gasteiger partial charge on any atom is -0.449 e. The summed E-state index contributed by atoms with van der Waals surface area (Å²) in [5.74, 6) is 1.23. The van der Waals surface area contributed by atoms with Gasteiger partial charge in [0.1, 0.15) is 6.26 Å². The van der Waals surface area contributed by atoms with Crippen molar-refractivity contribution in [3.05, 3.63) is 17.8 Å². The second-order valence-electron chi connectivity index (χ2n) is 3.30. The zero-order chi connectivity index (χ0) is 8.97. The van der Waals surface area contributed by atoms with E-state index >= 15 is 0 Å². The Morgan fingerprint density at radius 1 is 1.58 bits per heavy atom. The molecule has 0 radical (unpaired) electrons. The van der Waals surface area contributed by atoms with E-state index < -0.39 is 0 Å². The molecule has 1 aromatic rings. The molecule has 1 heterocycles. The van der Waals surface area contributed by atoms with E-state index in [-0.39, 0.29) is 6.61 Å². The number of aliphatic hydroxyl groups excluding tert-OH is 1. The average molecular weight is 169 g/mol. The van der Waals surface area contributed by atoms with Gasteiger partial charge >= 0.3 is 0 Å². The Morgan fingerprint density at radius 3 is 2.92 bits per heavy atom. The van der Waals surface area contributed by atoms with Crippen LogP contribution in [0.25, 0.3) is 0 Å². The Labute approximate surface area is 72.4 Å². The van der Waals surface area contributed by atoms with Crippen molar-refractivity contribution in [1.82, 2.24) is 4.98 Å². The summed E-state index contributed by atoms with van der Waals surface area (Å²) in [6, 6.07) is 0. The van der Waals surface area contributed by atoms with Crippen LogP contribution in [0.4, 0.5) is 0 Å². The monoisotopic (exact) mass is 169 g/mol. The Hall–Kier alpha value is -0.830. The van der Waals surface area contributed by atoms with Crippen molar-refractivity contribution in [3.63, 3.8) is 0 Å². The first kappa shape index (κ1) is 9.26. The highest BCUT2D eigenvalue weighted by molar-refractivity contribution is 4.97. The third-order valence-corrected chi connectivity index (χ3v) is 1.54. The maximum Gasteiger partial charge on any atom is 0.196 e. The summed E-state index contributed by atoms with van der Waals surface area (Å²) in [6.07, 6.45) is 3.12. The SMILES string of the molecule is CC(C)Cc1coc(CCO)n1. The van der Waals surface area contributed by atoms with E-state index in [0.717, 1.165) is 12.1 Å². The van der Waals surface area contributed by atoms with E-state index in [1.165, 1.54) is 0 Å². The average Bonchev–Trinajstić information content (AvgIpc) is 2.36. The van der Waals surface area contributed by atoms with Crippen LogP contribution in [-0.4, -0.2) is 16.7 Å². The van der Waals surface area contributed by atoms with Crippen molar-refractivity contribution >= 4 is 0 Å². The van der Waals surface area contributed by atoms with Crippen LogP contribution in [0.2, 0.25) is 0 Å². The molecule has 12 heavy (non-hydrogen) atoms. The molecule has 0 spiro atoms. The summed E-state index contributed by atoms with van der Waals surface area (Å²) >= 11 is 0. The predicted octanol–water partition coefficient (Wildman–Crippen LogP) is 1.41. The van der Waals surface area contributed by atoms with Crippen molar-refractivity contribution in [3.8, 4) is 0 Å². The lowest BCUT2D eigenvalue weighted by Crippen LogP contribution is -1.95. The number of aliphatic hydroxyl groups is 1. The molecule has 0 saturated carbocycles. The molecule has 0 bridgehead atoms. The maximum absolute atomic E-state index is 8.61. The van der Waals surface area contributed by atoms with Gasteiger partial charge < -0.3 is 9.52 Å². The molecule has 68 valence electrons. The molecule has 1 N–H and O–H groups in total. The lowest BCUT2D eigenvalue weighted by Gasteiger charge is -1.97. The normalized spacial score (nSPS) is 11.0. The van der Waals surface area contributed by atoms with E-state index in [1.807, 2.05) is 0 Å². The molecule has 0 aliphatic heterocycles. The molecule has 0 saturated heterocycles. The number of hydrogen-bond donors (Lipinski definition) is 1. The fraction of sp³-hybridized carbons (Fsp3) is 0.667. The summed E-state index contributed by atoms with van der Waals surface area (Å²) in [5, 5.41) is 8.61. The van der Waals surface area contributed by atoms with Crippen LogP contribution in [-0.2, 0) is 12.8 Å². The van der Waals surface area contributed by atoms with Crippen molar-refractivity contribution in [1.29, 1.82) is 0 Å². The lowest BCUT2D eigenvalue weighted by atomic mass is 10.1. The maximum atomic E-state index is 8.61. The molecular weight excluding hydrogens is 154 g/mol. The smallest absolute Gasteiger partial charge is 0.196 e. The molecule has 0 aliphatic carbocycles. The summed E-state index contributed by atoms with van der Waals surface area (Å²) in [5.41, 5.74) is 0.980. The highest BCUT2D eigenvalue weighted by Gasteiger charge is 2.04. The minimum atomic E-state index is 0.0988. The van der Waals surface area contributed by atoms with Gasteiger partial charge in [-0.15, -0.1) is 0 Å². The number of nitrogens with zero attached hydrogens (tertiary/aromatic N) is 1. The van der Waals surface area contributed by atoms with Gasteiger partial charge in [0.05, 0.1) is 12.3 Å². The zero-order valence-electron chi connectivity index (χ0n) is 7.58. The van der Waals surface area contributed by atoms with Crippen LogP contribution in [0.15, 0.2) is 10.7 Å². The summed E-state index contributed by atoms with van der Waals surface area (Å²) in [4.78, 5) is 4.21. The van der Waals surface area contributed by atoms with E-state index in [0.29, 0.717) is 18.2 Å². The summed E-state index contributed by atoms with van der Waals surface area (Å²) in [6.45, 7) is 4.38. The number of aromatic nitrogens is 1. The Morgan fingerprint density at radius 2 is 2.33 bits per heavy atom. The van der Waals surface area contributed by atoms with Crippen LogP contribution < -0.4 is 0 Å². The van der Waals surface area contributed by atoms with Gasteiger partial charge in [0.15, 0.2) is 5.89 Å². The number of rotatable bonds is 4. The molecule has 0 amide bonds. The van der Waals surface area contributed by atoms with Crippen LogP contribution in [0.3, 0.4) is 0 Å². The molecule has 3 heteroatoms. The predicted molar refractivity (Wildman–Crippen MR) is 45.8 cm³/mol. The van der Waals surface area contributed by atoms with Gasteiger partial charge in [0.25, 0.3) is 0 Å². The molecule has 0 unspecified atom stereocenters. The van der Waals surface area contributed by atoms with Crippen molar-refractivity contribution in [2.75, 3.05) is 6.61 Å². The van der Waals surface area contributed by atoms with Crippen LogP contribution in [0.5, 0.6) is 0 Å². The third-order valence-electron chi connectivity index (χ3n) is 1.54. The largest absolute Gasteiger partial charge is 0.449 e. The van der Waals surface area contributed by atoms with Gasteiger partial charge in [0.2, 0.25) is 0 Å². The second kappa shape index (κ2) is 4.26. The van der Waals surface area contributed by atoms with Crippen LogP contribution >= 0.6 is 0 Å². The van der Waals surface area contributed by atoms with Gasteiger partial charge in [-0.25, -0.2) is 4.98 Å². The molecule has 0 fully saturated rings. The Kier molecular flexibility index (Phi) is 3.29. The van der Waals surface area contributed by atoms with E-state index in [9.17, 15) is 0 Å². The molecule has 1 rings (SSSR count). The third kappa shape index (κ3) is 2.66. The van der Waals surface area contributed by atoms with Crippen LogP contribution in [0.1, 0.15) is 25.4 Å². The van der Waals surface area contributed by atoms with Crippen molar-refractivity contribution in [2.24, 2.45) is 5.92 Å². The quantitative estimate of drug-likeness (QED) is 0.741. The van der Waals surface area contributed by atoms with E-state index in [2.05, 4.69) is 18.8 Å². The minimum absolute atomic E-state index is 0.0988. The molecule has 1 aromatic heterocycles. The topological polar surface area (TPSA) is 46.3 Å². The molecule has 0 atom stereocenters. The fourth-order valence-corrected chi connectivity index (χ4v) is 1.07. The molecule has 3 nitrogen and oxygen atoms in total. The molecule has 0 aliphatic rings. The Balaban J connectivity index is 2.52. The van der Waals surface area contributed by atoms with Gasteiger partial charge in [-0.1, -0.05) is 13.8 Å².